The summed E-state index contributed by atoms with van der Waals surface area (Å²) in [4.78, 5) is 13.4. The van der Waals surface area contributed by atoms with Crippen molar-refractivity contribution < 1.29 is 14.3 Å². The van der Waals surface area contributed by atoms with Crippen molar-refractivity contribution in [3.05, 3.63) is 22.7 Å². The summed E-state index contributed by atoms with van der Waals surface area (Å²) in [5.74, 6) is 1.19. The summed E-state index contributed by atoms with van der Waals surface area (Å²) in [5.41, 5.74) is 0.853. The number of halogens is 1. The van der Waals surface area contributed by atoms with Crippen LogP contribution in [0.5, 0.6) is 11.5 Å². The summed E-state index contributed by atoms with van der Waals surface area (Å²) >= 11 is 5.93. The van der Waals surface area contributed by atoms with Gasteiger partial charge in [-0.1, -0.05) is 11.6 Å². The fourth-order valence-electron chi connectivity index (χ4n) is 1.41. The van der Waals surface area contributed by atoms with E-state index in [2.05, 4.69) is 4.99 Å². The van der Waals surface area contributed by atoms with E-state index in [1.165, 1.54) is 6.08 Å². The molecule has 0 spiro atoms. The molecule has 0 N–H and O–H groups in total. The average Bonchev–Trinajstić information content (AvgIpc) is 2.28. The van der Waals surface area contributed by atoms with Crippen molar-refractivity contribution >= 4 is 17.7 Å². The molecule has 5 heteroatoms. The van der Waals surface area contributed by atoms with Crippen LogP contribution in [0.3, 0.4) is 0 Å². The van der Waals surface area contributed by atoms with Crippen LogP contribution in [0, 0.1) is 0 Å². The Morgan fingerprint density at radius 1 is 1.38 bits per heavy atom. The van der Waals surface area contributed by atoms with E-state index in [0.717, 1.165) is 5.56 Å². The number of rotatable bonds is 5. The van der Waals surface area contributed by atoms with E-state index in [1.54, 1.807) is 26.4 Å². The van der Waals surface area contributed by atoms with Crippen LogP contribution in [0.4, 0.5) is 0 Å². The second-order valence-corrected chi connectivity index (χ2v) is 3.46. The molecule has 0 atom stereocenters. The molecular weight excluding hydrogens is 230 g/mol. The molecule has 16 heavy (non-hydrogen) atoms. The monoisotopic (exact) mass is 241 g/mol. The zero-order valence-electron chi connectivity index (χ0n) is 9.12. The first-order valence-electron chi connectivity index (χ1n) is 4.67. The van der Waals surface area contributed by atoms with Crippen molar-refractivity contribution in [2.45, 2.75) is 6.42 Å². The highest BCUT2D eigenvalue weighted by Crippen LogP contribution is 2.34. The third kappa shape index (κ3) is 2.99. The second-order valence-electron chi connectivity index (χ2n) is 3.02. The zero-order valence-corrected chi connectivity index (χ0v) is 9.87. The number of hydrogen-bond donors (Lipinski definition) is 0. The summed E-state index contributed by atoms with van der Waals surface area (Å²) in [7, 11) is 3.10. The van der Waals surface area contributed by atoms with E-state index in [0.29, 0.717) is 29.5 Å². The third-order valence-electron chi connectivity index (χ3n) is 2.08. The normalized spacial score (nSPS) is 9.44. The Bertz CT molecular complexity index is 414. The molecular formula is C11H12ClNO3. The van der Waals surface area contributed by atoms with Crippen LogP contribution in [0.1, 0.15) is 5.56 Å². The first kappa shape index (κ1) is 12.6. The standard InChI is InChI=1S/C11H12ClNO3/c1-15-10-6-9(12)5-8(11(10)16-2)3-4-13-7-14/h5-6H,3-4H2,1-2H3. The van der Waals surface area contributed by atoms with Gasteiger partial charge in [0.2, 0.25) is 6.08 Å². The molecule has 0 fully saturated rings. The summed E-state index contributed by atoms with van der Waals surface area (Å²) in [6.45, 7) is 0.351. The van der Waals surface area contributed by atoms with Gasteiger partial charge in [-0.2, -0.15) is 0 Å². The summed E-state index contributed by atoms with van der Waals surface area (Å²) < 4.78 is 10.4. The lowest BCUT2D eigenvalue weighted by Gasteiger charge is -2.12. The van der Waals surface area contributed by atoms with Gasteiger partial charge in [-0.3, -0.25) is 0 Å². The van der Waals surface area contributed by atoms with Gasteiger partial charge in [-0.15, -0.1) is 0 Å². The molecule has 86 valence electrons. The summed E-state index contributed by atoms with van der Waals surface area (Å²) in [5, 5.41) is 0.558. The van der Waals surface area contributed by atoms with E-state index < -0.39 is 0 Å². The molecule has 0 saturated carbocycles. The Balaban J connectivity index is 3.04. The van der Waals surface area contributed by atoms with Crippen molar-refractivity contribution in [2.75, 3.05) is 20.8 Å². The number of benzene rings is 1. The molecule has 0 aliphatic carbocycles. The Morgan fingerprint density at radius 3 is 2.69 bits per heavy atom. The van der Waals surface area contributed by atoms with Crippen molar-refractivity contribution in [2.24, 2.45) is 4.99 Å². The van der Waals surface area contributed by atoms with Gasteiger partial charge in [0.05, 0.1) is 20.8 Å². The minimum Gasteiger partial charge on any atom is -0.493 e. The van der Waals surface area contributed by atoms with Crippen molar-refractivity contribution in [1.82, 2.24) is 0 Å². The lowest BCUT2D eigenvalue weighted by Crippen LogP contribution is -1.98. The van der Waals surface area contributed by atoms with Crippen molar-refractivity contribution in [3.63, 3.8) is 0 Å². The summed E-state index contributed by atoms with van der Waals surface area (Å²) in [6, 6.07) is 3.44. The van der Waals surface area contributed by atoms with E-state index in [9.17, 15) is 4.79 Å². The molecule has 0 heterocycles. The maximum atomic E-state index is 9.97. The topological polar surface area (TPSA) is 47.9 Å². The van der Waals surface area contributed by atoms with Gasteiger partial charge >= 0.3 is 0 Å². The highest BCUT2D eigenvalue weighted by molar-refractivity contribution is 6.30. The number of aliphatic imine (C=N–C) groups is 1. The van der Waals surface area contributed by atoms with Crippen molar-refractivity contribution in [1.29, 1.82) is 0 Å². The first-order chi connectivity index (χ1) is 7.72. The predicted octanol–water partition coefficient (Wildman–Crippen LogP) is 2.24. The van der Waals surface area contributed by atoms with E-state index in [1.807, 2.05) is 0 Å². The van der Waals surface area contributed by atoms with Crippen molar-refractivity contribution in [3.8, 4) is 11.5 Å². The Labute approximate surface area is 98.8 Å². The fraction of sp³-hybridized carbons (Fsp3) is 0.364. The molecule has 0 aliphatic heterocycles. The zero-order chi connectivity index (χ0) is 12.0. The predicted molar refractivity (Wildman–Crippen MR) is 61.2 cm³/mol. The van der Waals surface area contributed by atoms with Gasteiger partial charge in [0, 0.05) is 16.7 Å². The maximum Gasteiger partial charge on any atom is 0.234 e. The molecule has 0 aromatic heterocycles. The largest absolute Gasteiger partial charge is 0.493 e. The molecule has 0 amide bonds. The quantitative estimate of drug-likeness (QED) is 0.587. The Morgan fingerprint density at radius 2 is 2.12 bits per heavy atom. The smallest absolute Gasteiger partial charge is 0.234 e. The van der Waals surface area contributed by atoms with Crippen LogP contribution < -0.4 is 9.47 Å². The lowest BCUT2D eigenvalue weighted by molar-refractivity contribution is 0.352. The molecule has 0 bridgehead atoms. The minimum atomic E-state index is 0.351. The van der Waals surface area contributed by atoms with Crippen LogP contribution in [0.25, 0.3) is 0 Å². The van der Waals surface area contributed by atoms with Crippen LogP contribution in [0.15, 0.2) is 17.1 Å². The number of ether oxygens (including phenoxy) is 2. The Hall–Kier alpha value is -1.51. The molecule has 1 aromatic carbocycles. The van der Waals surface area contributed by atoms with Gasteiger partial charge in [0.1, 0.15) is 0 Å². The van der Waals surface area contributed by atoms with E-state index in [-0.39, 0.29) is 0 Å². The molecule has 0 radical (unpaired) electrons. The maximum absolute atomic E-state index is 9.97. The van der Waals surface area contributed by atoms with Gasteiger partial charge in [0.25, 0.3) is 0 Å². The number of hydrogen-bond acceptors (Lipinski definition) is 4. The molecule has 1 aromatic rings. The number of nitrogens with zero attached hydrogens (tertiary/aromatic N) is 1. The lowest BCUT2D eigenvalue weighted by atomic mass is 10.1. The fourth-order valence-corrected chi connectivity index (χ4v) is 1.64. The Kier molecular flexibility index (Phi) is 4.83. The summed E-state index contributed by atoms with van der Waals surface area (Å²) in [6.07, 6.45) is 2.04. The minimum absolute atomic E-state index is 0.351. The van der Waals surface area contributed by atoms with Crippen LogP contribution in [-0.2, 0) is 11.2 Å². The highest BCUT2D eigenvalue weighted by Gasteiger charge is 2.11. The highest BCUT2D eigenvalue weighted by atomic mass is 35.5. The van der Waals surface area contributed by atoms with Gasteiger partial charge < -0.3 is 9.47 Å². The number of isocyanates is 1. The second kappa shape index (κ2) is 6.16. The SMILES string of the molecule is COc1cc(Cl)cc(CCN=C=O)c1OC. The third-order valence-corrected chi connectivity index (χ3v) is 2.30. The van der Waals surface area contributed by atoms with E-state index >= 15 is 0 Å². The molecule has 0 saturated heterocycles. The van der Waals surface area contributed by atoms with E-state index in [4.69, 9.17) is 21.1 Å². The van der Waals surface area contributed by atoms with Gasteiger partial charge in [-0.05, 0) is 12.5 Å². The van der Waals surface area contributed by atoms with Crippen LogP contribution in [-0.4, -0.2) is 26.8 Å². The molecule has 0 unspecified atom stereocenters. The van der Waals surface area contributed by atoms with Gasteiger partial charge in [-0.25, -0.2) is 9.79 Å². The number of methoxy groups -OCH3 is 2. The molecule has 1 rings (SSSR count). The van der Waals surface area contributed by atoms with Crippen LogP contribution in [0.2, 0.25) is 5.02 Å². The molecule has 0 aliphatic rings. The van der Waals surface area contributed by atoms with Gasteiger partial charge in [0.15, 0.2) is 11.5 Å². The first-order valence-corrected chi connectivity index (χ1v) is 5.04. The average molecular weight is 242 g/mol. The number of carbonyl (C=O) groups excluding carboxylic acids is 1. The molecule has 4 nitrogen and oxygen atoms in total. The van der Waals surface area contributed by atoms with Crippen LogP contribution >= 0.6 is 11.6 Å².